The van der Waals surface area contributed by atoms with E-state index >= 15 is 0 Å². The molecule has 0 spiro atoms. The van der Waals surface area contributed by atoms with Gasteiger partial charge in [-0.05, 0) is 43.3 Å². The Balaban J connectivity index is 2.41. The van der Waals surface area contributed by atoms with Gasteiger partial charge in [-0.3, -0.25) is 9.59 Å². The minimum absolute atomic E-state index is 0.248. The van der Waals surface area contributed by atoms with Crippen LogP contribution in [-0.2, 0) is 4.57 Å². The van der Waals surface area contributed by atoms with Gasteiger partial charge in [0.25, 0.3) is 0 Å². The van der Waals surface area contributed by atoms with E-state index in [1.54, 1.807) is 36.4 Å². The molecule has 1 unspecified atom stereocenters. The molecule has 0 heterocycles. The van der Waals surface area contributed by atoms with Crippen molar-refractivity contribution in [2.75, 3.05) is 34.6 Å². The second kappa shape index (κ2) is 14.5. The summed E-state index contributed by atoms with van der Waals surface area (Å²) in [5.74, 6) is -0.252. The van der Waals surface area contributed by atoms with Crippen LogP contribution in [0.5, 0.6) is 23.0 Å². The van der Waals surface area contributed by atoms with Gasteiger partial charge in [0.2, 0.25) is 0 Å². The van der Waals surface area contributed by atoms with Crippen molar-refractivity contribution in [1.82, 2.24) is 0 Å². The average Bonchev–Trinajstić information content (AvgIpc) is 2.88. The first kappa shape index (κ1) is 27.5. The summed E-state index contributed by atoms with van der Waals surface area (Å²) in [6.07, 6.45) is 5.59. The van der Waals surface area contributed by atoms with Crippen molar-refractivity contribution in [1.29, 1.82) is 0 Å². The molecule has 2 aromatic rings. The molecule has 2 aromatic carbocycles. The van der Waals surface area contributed by atoms with Crippen molar-refractivity contribution in [3.05, 3.63) is 47.5 Å². The lowest BCUT2D eigenvalue weighted by Gasteiger charge is -2.20. The first-order chi connectivity index (χ1) is 16.5. The highest BCUT2D eigenvalue weighted by Gasteiger charge is 2.35. The Labute approximate surface area is 202 Å². The maximum absolute atomic E-state index is 13.8. The fraction of sp³-hybridized carbons (Fsp3) is 0.462. The number of carbonyl (C=O) groups is 2. The van der Waals surface area contributed by atoms with Crippen LogP contribution in [0.4, 0.5) is 0 Å². The van der Waals surface area contributed by atoms with Gasteiger partial charge in [0.05, 0.1) is 42.8 Å². The monoisotopic (exact) mass is 490 g/mol. The Morgan fingerprint density at radius 3 is 1.44 bits per heavy atom. The maximum Gasteiger partial charge on any atom is 0.181 e. The number of hydrogen-bond acceptors (Lipinski definition) is 7. The number of rotatable bonds is 16. The molecule has 7 nitrogen and oxygen atoms in total. The standard InChI is InChI=1S/C26H35O7P/c1-30-19-13-10-14-20(31-2)23(19)25(27)18(12-8-6-5-7-9-17-34-29)26(28)24-21(32-3)15-11-16-22(24)33-4/h10-11,13-16,18H,5-9,12,17,34H2,1-4H3. The van der Waals surface area contributed by atoms with Crippen LogP contribution >= 0.6 is 8.46 Å². The van der Waals surface area contributed by atoms with Gasteiger partial charge in [0.15, 0.2) is 11.6 Å². The molecule has 34 heavy (non-hydrogen) atoms. The average molecular weight is 491 g/mol. The zero-order valence-corrected chi connectivity index (χ0v) is 21.6. The predicted octanol–water partition coefficient (Wildman–Crippen LogP) is 5.50. The number of hydrogen-bond donors (Lipinski definition) is 0. The Hall–Kier alpha value is -2.79. The van der Waals surface area contributed by atoms with E-state index in [2.05, 4.69) is 0 Å². The number of benzene rings is 2. The Bertz CT molecular complexity index is 862. The minimum atomic E-state index is -0.957. The lowest BCUT2D eigenvalue weighted by Crippen LogP contribution is -2.26. The topological polar surface area (TPSA) is 88.1 Å². The molecule has 186 valence electrons. The molecule has 0 saturated heterocycles. The van der Waals surface area contributed by atoms with Crippen molar-refractivity contribution in [3.8, 4) is 23.0 Å². The van der Waals surface area contributed by atoms with Crippen LogP contribution in [0, 0.1) is 5.92 Å². The van der Waals surface area contributed by atoms with Crippen LogP contribution in [0.25, 0.3) is 0 Å². The summed E-state index contributed by atoms with van der Waals surface area (Å²) < 4.78 is 32.4. The lowest BCUT2D eigenvalue weighted by molar-refractivity contribution is 0.0790. The first-order valence-corrected chi connectivity index (χ1v) is 12.8. The molecule has 0 N–H and O–H groups in total. The van der Waals surface area contributed by atoms with E-state index in [4.69, 9.17) is 18.9 Å². The summed E-state index contributed by atoms with van der Waals surface area (Å²) in [6, 6.07) is 10.2. The third-order valence-electron chi connectivity index (χ3n) is 5.80. The zero-order valence-electron chi connectivity index (χ0n) is 20.4. The minimum Gasteiger partial charge on any atom is -0.496 e. The SMILES string of the molecule is COc1cccc(OC)c1C(=O)C(CCCCCCC[PH2]=O)C(=O)c1c(OC)cccc1OC. The zero-order chi connectivity index (χ0) is 24.9. The van der Waals surface area contributed by atoms with Crippen LogP contribution in [0.1, 0.15) is 59.2 Å². The fourth-order valence-electron chi connectivity index (χ4n) is 4.02. The first-order valence-electron chi connectivity index (χ1n) is 11.5. The molecule has 0 aromatic heterocycles. The summed E-state index contributed by atoms with van der Waals surface area (Å²) in [7, 11) is 5.23. The molecule has 0 radical (unpaired) electrons. The van der Waals surface area contributed by atoms with Crippen LogP contribution < -0.4 is 18.9 Å². The largest absolute Gasteiger partial charge is 0.496 e. The van der Waals surface area contributed by atoms with E-state index in [0.29, 0.717) is 35.8 Å². The van der Waals surface area contributed by atoms with E-state index in [9.17, 15) is 14.2 Å². The van der Waals surface area contributed by atoms with Crippen molar-refractivity contribution in [2.24, 2.45) is 5.92 Å². The summed E-state index contributed by atoms with van der Waals surface area (Å²) in [6.45, 7) is 0. The second-order valence-corrected chi connectivity index (χ2v) is 8.78. The van der Waals surface area contributed by atoms with E-state index in [1.807, 2.05) is 0 Å². The highest BCUT2D eigenvalue weighted by Crippen LogP contribution is 2.36. The molecular weight excluding hydrogens is 455 g/mol. The molecule has 2 rings (SSSR count). The Morgan fingerprint density at radius 1 is 0.676 bits per heavy atom. The van der Waals surface area contributed by atoms with Gasteiger partial charge in [-0.2, -0.15) is 0 Å². The lowest BCUT2D eigenvalue weighted by atomic mass is 9.84. The van der Waals surface area contributed by atoms with Gasteiger partial charge in [-0.25, -0.2) is 0 Å². The van der Waals surface area contributed by atoms with Gasteiger partial charge >= 0.3 is 0 Å². The quantitative estimate of drug-likeness (QED) is 0.133. The molecule has 0 amide bonds. The molecule has 0 aliphatic heterocycles. The number of Topliss-reactive ketones (excluding diaryl/α,β-unsaturated/α-hetero) is 2. The summed E-state index contributed by atoms with van der Waals surface area (Å²) in [5.41, 5.74) is 0.497. The molecule has 0 aliphatic rings. The molecule has 0 aliphatic carbocycles. The fourth-order valence-corrected chi connectivity index (χ4v) is 4.48. The number of ether oxygens (including phenoxy) is 4. The van der Waals surface area contributed by atoms with Crippen LogP contribution in [0.3, 0.4) is 0 Å². The summed E-state index contributed by atoms with van der Waals surface area (Å²) in [4.78, 5) is 27.7. The van der Waals surface area contributed by atoms with Gasteiger partial charge < -0.3 is 23.5 Å². The van der Waals surface area contributed by atoms with Gasteiger partial charge in [0, 0.05) is 0 Å². The van der Waals surface area contributed by atoms with Crippen LogP contribution in [0.2, 0.25) is 0 Å². The predicted molar refractivity (Wildman–Crippen MR) is 134 cm³/mol. The van der Waals surface area contributed by atoms with Crippen molar-refractivity contribution in [2.45, 2.75) is 38.5 Å². The Kier molecular flexibility index (Phi) is 11.7. The molecular formula is C26H35O7P. The van der Waals surface area contributed by atoms with E-state index < -0.39 is 14.4 Å². The number of methoxy groups -OCH3 is 4. The normalized spacial score (nSPS) is 11.1. The molecule has 0 fully saturated rings. The van der Waals surface area contributed by atoms with Crippen molar-refractivity contribution < 1.29 is 33.1 Å². The molecule has 8 heteroatoms. The van der Waals surface area contributed by atoms with E-state index in [1.165, 1.54) is 28.4 Å². The molecule has 0 bridgehead atoms. The van der Waals surface area contributed by atoms with Gasteiger partial charge in [-0.15, -0.1) is 0 Å². The smallest absolute Gasteiger partial charge is 0.181 e. The Morgan fingerprint density at radius 2 is 1.06 bits per heavy atom. The van der Waals surface area contributed by atoms with E-state index in [0.717, 1.165) is 31.8 Å². The van der Waals surface area contributed by atoms with Gasteiger partial charge in [-0.1, -0.05) is 37.8 Å². The highest BCUT2D eigenvalue weighted by atomic mass is 31.1. The van der Waals surface area contributed by atoms with Crippen molar-refractivity contribution in [3.63, 3.8) is 0 Å². The second-order valence-electron chi connectivity index (χ2n) is 7.87. The number of ketones is 2. The maximum atomic E-state index is 13.8. The van der Waals surface area contributed by atoms with Crippen molar-refractivity contribution >= 4 is 20.0 Å². The number of carbonyl (C=O) groups excluding carboxylic acids is 2. The number of unbranched alkanes of at least 4 members (excludes halogenated alkanes) is 4. The van der Waals surface area contributed by atoms with Gasteiger partial charge in [0.1, 0.15) is 34.1 Å². The summed E-state index contributed by atoms with van der Waals surface area (Å²) in [5, 5.41) is 0. The third-order valence-corrected chi connectivity index (χ3v) is 6.44. The molecule has 0 saturated carbocycles. The highest BCUT2D eigenvalue weighted by molar-refractivity contribution is 7.23. The molecule has 1 atom stereocenters. The third kappa shape index (κ3) is 6.86. The van der Waals surface area contributed by atoms with E-state index in [-0.39, 0.29) is 22.7 Å². The van der Waals surface area contributed by atoms with Crippen LogP contribution in [-0.4, -0.2) is 46.2 Å². The summed E-state index contributed by atoms with van der Waals surface area (Å²) >= 11 is 0. The van der Waals surface area contributed by atoms with Crippen LogP contribution in [0.15, 0.2) is 36.4 Å².